The average molecular weight is 99.8 g/mol. The van der Waals surface area contributed by atoms with E-state index in [4.69, 9.17) is 5.11 Å². The molecular weight excluding hydrogens is 95.8 g/mol. The van der Waals surface area contributed by atoms with Crippen LogP contribution in [0.25, 0.3) is 0 Å². The predicted octanol–water partition coefficient (Wildman–Crippen LogP) is 0.488. The van der Waals surface area contributed by atoms with Gasteiger partial charge in [-0.25, -0.2) is 0 Å². The molecule has 1 N–H and O–H groups in total. The molecule has 0 aromatic heterocycles. The topological polar surface area (TPSA) is 20.2 Å². The van der Waals surface area contributed by atoms with E-state index in [0.717, 1.165) is 7.11 Å². The second kappa shape index (κ2) is 8.84. The van der Waals surface area contributed by atoms with Crippen LogP contribution >= 0.6 is 0 Å². The third kappa shape index (κ3) is 883. The molecule has 0 amide bonds. The molecule has 0 aliphatic rings. The Kier molecular flexibility index (Phi) is 13.7. The molecule has 0 aromatic carbocycles. The normalized spacial score (nSPS) is 5.50. The van der Waals surface area contributed by atoms with Crippen molar-refractivity contribution in [3.8, 4) is 0 Å². The van der Waals surface area contributed by atoms with Gasteiger partial charge in [-0.05, 0) is 0 Å². The summed E-state index contributed by atoms with van der Waals surface area (Å²) in [6.07, 6.45) is 0. The number of hydrogen-bond acceptors (Lipinski definition) is 1. The number of aliphatic hydroxyl groups excluding tert-OH is 1. The molecular formula is CH4BF3O. The fourth-order valence-electron chi connectivity index (χ4n) is 0. The molecule has 1 nitrogen and oxygen atoms in total. The highest BCUT2D eigenvalue weighted by Gasteiger charge is 2.06. The lowest BCUT2D eigenvalue weighted by atomic mass is 10.5. The van der Waals surface area contributed by atoms with Gasteiger partial charge in [0, 0.05) is 7.11 Å². The number of rotatable bonds is 0. The van der Waals surface area contributed by atoms with E-state index < -0.39 is 7.54 Å². The third-order valence-electron chi connectivity index (χ3n) is 0. The maximum Gasteiger partial charge on any atom is 0.762 e. The van der Waals surface area contributed by atoms with Crippen LogP contribution in [0.5, 0.6) is 0 Å². The second-order valence-electron chi connectivity index (χ2n) is 0.247. The molecule has 0 fully saturated rings. The first kappa shape index (κ1) is 9.26. The van der Waals surface area contributed by atoms with Crippen LogP contribution in [0.3, 0.4) is 0 Å². The quantitative estimate of drug-likeness (QED) is 0.439. The highest BCUT2D eigenvalue weighted by atomic mass is 19.4. The SMILES string of the molecule is CO.FB(F)F. The van der Waals surface area contributed by atoms with Gasteiger partial charge in [-0.2, -0.15) is 0 Å². The van der Waals surface area contributed by atoms with Gasteiger partial charge >= 0.3 is 7.54 Å². The lowest BCUT2D eigenvalue weighted by Crippen LogP contribution is -1.76. The van der Waals surface area contributed by atoms with Gasteiger partial charge in [0.2, 0.25) is 0 Å². The molecule has 0 bridgehead atoms. The minimum absolute atomic E-state index is 1.00. The van der Waals surface area contributed by atoms with Crippen molar-refractivity contribution in [1.82, 2.24) is 0 Å². The molecule has 0 aliphatic carbocycles. The van der Waals surface area contributed by atoms with Gasteiger partial charge in [-0.1, -0.05) is 0 Å². The van der Waals surface area contributed by atoms with Crippen LogP contribution in [0.4, 0.5) is 12.9 Å². The first-order valence-corrected chi connectivity index (χ1v) is 1.10. The zero-order valence-corrected chi connectivity index (χ0v) is 3.16. The van der Waals surface area contributed by atoms with Crippen LogP contribution in [0.1, 0.15) is 0 Å². The van der Waals surface area contributed by atoms with E-state index in [2.05, 4.69) is 0 Å². The molecule has 0 spiro atoms. The van der Waals surface area contributed by atoms with Gasteiger partial charge in [0.15, 0.2) is 0 Å². The van der Waals surface area contributed by atoms with Gasteiger partial charge in [0.05, 0.1) is 0 Å². The maximum absolute atomic E-state index is 9.67. The third-order valence-corrected chi connectivity index (χ3v) is 0. The Morgan fingerprint density at radius 2 is 1.17 bits per heavy atom. The average Bonchev–Trinajstić information content (AvgIpc) is 1.41. The zero-order chi connectivity index (χ0) is 5.58. The predicted molar refractivity (Wildman–Crippen MR) is 17.2 cm³/mol. The Bertz CT molecular complexity index is 15.5. The Hall–Kier alpha value is -0.185. The smallest absolute Gasteiger partial charge is 0.400 e. The molecule has 38 valence electrons. The van der Waals surface area contributed by atoms with Crippen molar-refractivity contribution in [2.75, 3.05) is 7.11 Å². The monoisotopic (exact) mass is 100 g/mol. The Balaban J connectivity index is 0. The van der Waals surface area contributed by atoms with E-state index in [0.29, 0.717) is 0 Å². The molecule has 0 saturated carbocycles. The van der Waals surface area contributed by atoms with Gasteiger partial charge < -0.3 is 5.11 Å². The summed E-state index contributed by atoms with van der Waals surface area (Å²) in [5.41, 5.74) is 0. The van der Waals surface area contributed by atoms with E-state index in [-0.39, 0.29) is 0 Å². The molecule has 0 saturated heterocycles. The summed E-state index contributed by atoms with van der Waals surface area (Å²) < 4.78 is 29.0. The highest BCUT2D eigenvalue weighted by Crippen LogP contribution is 1.80. The van der Waals surface area contributed by atoms with Gasteiger partial charge in [-0.15, -0.1) is 0 Å². The van der Waals surface area contributed by atoms with Gasteiger partial charge in [0.1, 0.15) is 0 Å². The largest absolute Gasteiger partial charge is 0.762 e. The number of halogens is 3. The van der Waals surface area contributed by atoms with Crippen molar-refractivity contribution in [3.05, 3.63) is 0 Å². The van der Waals surface area contributed by atoms with Gasteiger partial charge in [-0.3, -0.25) is 12.9 Å². The Morgan fingerprint density at radius 1 is 1.17 bits per heavy atom. The summed E-state index contributed by atoms with van der Waals surface area (Å²) in [4.78, 5) is 0. The number of hydrogen-bond donors (Lipinski definition) is 1. The molecule has 5 heteroatoms. The lowest BCUT2D eigenvalue weighted by molar-refractivity contribution is 0.399. The van der Waals surface area contributed by atoms with E-state index in [9.17, 15) is 12.9 Å². The number of aliphatic hydroxyl groups is 1. The molecule has 0 radical (unpaired) electrons. The van der Waals surface area contributed by atoms with Crippen molar-refractivity contribution in [2.24, 2.45) is 0 Å². The molecule has 0 heterocycles. The minimum Gasteiger partial charge on any atom is -0.400 e. The molecule has 0 aromatic rings. The van der Waals surface area contributed by atoms with Crippen molar-refractivity contribution in [1.29, 1.82) is 0 Å². The van der Waals surface area contributed by atoms with Crippen LogP contribution in [-0.4, -0.2) is 19.8 Å². The first-order chi connectivity index (χ1) is 2.73. The molecule has 0 unspecified atom stereocenters. The Labute approximate surface area is 34.0 Å². The molecule has 0 atom stereocenters. The van der Waals surface area contributed by atoms with Crippen LogP contribution < -0.4 is 0 Å². The lowest BCUT2D eigenvalue weighted by Gasteiger charge is -1.55. The van der Waals surface area contributed by atoms with Crippen molar-refractivity contribution < 1.29 is 18.1 Å². The summed E-state index contributed by atoms with van der Waals surface area (Å²) in [7, 11) is -2.67. The maximum atomic E-state index is 9.67. The first-order valence-electron chi connectivity index (χ1n) is 1.10. The fourth-order valence-corrected chi connectivity index (χ4v) is 0. The molecule has 6 heavy (non-hydrogen) atoms. The van der Waals surface area contributed by atoms with Gasteiger partial charge in [0.25, 0.3) is 0 Å². The van der Waals surface area contributed by atoms with E-state index in [1.165, 1.54) is 0 Å². The van der Waals surface area contributed by atoms with Crippen molar-refractivity contribution in [3.63, 3.8) is 0 Å². The van der Waals surface area contributed by atoms with E-state index in [1.54, 1.807) is 0 Å². The fraction of sp³-hybridized carbons (Fsp3) is 1.00. The van der Waals surface area contributed by atoms with E-state index >= 15 is 0 Å². The van der Waals surface area contributed by atoms with Crippen molar-refractivity contribution in [2.45, 2.75) is 0 Å². The standard InChI is InChI=1S/CH4O.BF3/c1-2;2-1(3)4/h2H,1H3;. The van der Waals surface area contributed by atoms with Crippen LogP contribution in [0.15, 0.2) is 0 Å². The summed E-state index contributed by atoms with van der Waals surface area (Å²) in [5, 5.41) is 7.00. The summed E-state index contributed by atoms with van der Waals surface area (Å²) >= 11 is 0. The summed E-state index contributed by atoms with van der Waals surface area (Å²) in [6, 6.07) is 0. The second-order valence-corrected chi connectivity index (χ2v) is 0.247. The minimum atomic E-state index is -3.67. The Morgan fingerprint density at radius 3 is 1.17 bits per heavy atom. The molecule has 0 rings (SSSR count). The van der Waals surface area contributed by atoms with E-state index in [1.807, 2.05) is 0 Å². The summed E-state index contributed by atoms with van der Waals surface area (Å²) in [6.45, 7) is 0. The van der Waals surface area contributed by atoms with Crippen LogP contribution in [-0.2, 0) is 0 Å². The van der Waals surface area contributed by atoms with Crippen LogP contribution in [0.2, 0.25) is 0 Å². The van der Waals surface area contributed by atoms with Crippen LogP contribution in [0, 0.1) is 0 Å². The molecule has 0 aliphatic heterocycles. The highest BCUT2D eigenvalue weighted by molar-refractivity contribution is 6.33. The summed E-state index contributed by atoms with van der Waals surface area (Å²) in [5.74, 6) is 0. The zero-order valence-electron chi connectivity index (χ0n) is 3.16. The van der Waals surface area contributed by atoms with Crippen molar-refractivity contribution >= 4 is 7.54 Å².